The Hall–Kier alpha value is -1.89. The van der Waals surface area contributed by atoms with Crippen molar-refractivity contribution in [3.63, 3.8) is 0 Å². The lowest BCUT2D eigenvalue weighted by atomic mass is 9.83. The molecule has 0 unspecified atom stereocenters. The Balaban J connectivity index is 1.76. The number of likely N-dealkylation sites (N-methyl/N-ethyl adjacent to an activating group) is 1. The Morgan fingerprint density at radius 1 is 1.31 bits per heavy atom. The van der Waals surface area contributed by atoms with Gasteiger partial charge in [-0.3, -0.25) is 4.79 Å². The van der Waals surface area contributed by atoms with Gasteiger partial charge in [-0.1, -0.05) is 6.92 Å². The fourth-order valence-electron chi connectivity index (χ4n) is 4.09. The number of piperidine rings is 2. The second-order valence-electron chi connectivity index (χ2n) is 7.56. The first-order valence-electron chi connectivity index (χ1n) is 9.77. The lowest BCUT2D eigenvalue weighted by Gasteiger charge is -2.47. The number of hydrogen-bond donors (Lipinski definition) is 1. The minimum atomic E-state index is 0.320. The quantitative estimate of drug-likeness (QED) is 0.821. The van der Waals surface area contributed by atoms with E-state index in [1.165, 1.54) is 0 Å². The lowest BCUT2D eigenvalue weighted by molar-refractivity contribution is -0.139. The summed E-state index contributed by atoms with van der Waals surface area (Å²) in [5.74, 6) is 2.65. The minimum Gasteiger partial charge on any atom is -0.356 e. The Morgan fingerprint density at radius 2 is 2.12 bits per heavy atom. The van der Waals surface area contributed by atoms with Crippen molar-refractivity contribution in [1.29, 1.82) is 0 Å². The monoisotopic (exact) mass is 360 g/mol. The van der Waals surface area contributed by atoms with E-state index in [0.29, 0.717) is 24.3 Å². The molecule has 26 heavy (non-hydrogen) atoms. The summed E-state index contributed by atoms with van der Waals surface area (Å²) in [5.41, 5.74) is 1.08. The van der Waals surface area contributed by atoms with Crippen molar-refractivity contribution in [2.24, 2.45) is 5.92 Å². The van der Waals surface area contributed by atoms with Crippen molar-refractivity contribution in [3.8, 4) is 0 Å². The highest BCUT2D eigenvalue weighted by Gasteiger charge is 2.39. The molecule has 2 atom stereocenters. The van der Waals surface area contributed by atoms with Crippen LogP contribution in [0.5, 0.6) is 0 Å². The molecule has 3 heterocycles. The summed E-state index contributed by atoms with van der Waals surface area (Å²) in [5, 5.41) is 3.17. The van der Waals surface area contributed by atoms with Crippen LogP contribution in [0, 0.1) is 5.92 Å². The molecule has 0 saturated carbocycles. The summed E-state index contributed by atoms with van der Waals surface area (Å²) in [7, 11) is 5.91. The summed E-state index contributed by atoms with van der Waals surface area (Å²) in [6, 6.07) is 2.50. The molecule has 2 aliphatic heterocycles. The fourth-order valence-corrected chi connectivity index (χ4v) is 4.09. The number of carbonyl (C=O) groups excluding carboxylic acids is 1. The number of likely N-dealkylation sites (tertiary alicyclic amines) is 1. The van der Waals surface area contributed by atoms with Crippen molar-refractivity contribution < 1.29 is 4.79 Å². The third kappa shape index (κ3) is 3.92. The molecule has 7 nitrogen and oxygen atoms in total. The van der Waals surface area contributed by atoms with Gasteiger partial charge in [0.15, 0.2) is 0 Å². The van der Waals surface area contributed by atoms with Gasteiger partial charge < -0.3 is 20.0 Å². The maximum atomic E-state index is 12.4. The van der Waals surface area contributed by atoms with Crippen molar-refractivity contribution in [3.05, 3.63) is 11.8 Å². The molecule has 2 aliphatic rings. The van der Waals surface area contributed by atoms with Gasteiger partial charge >= 0.3 is 0 Å². The number of aryl methyl sites for hydroxylation is 1. The number of nitrogens with zero attached hydrogens (tertiary/aromatic N) is 5. The summed E-state index contributed by atoms with van der Waals surface area (Å²) in [6.45, 7) is 5.72. The first-order valence-corrected chi connectivity index (χ1v) is 9.77. The average molecular weight is 361 g/mol. The van der Waals surface area contributed by atoms with Crippen LogP contribution >= 0.6 is 0 Å². The van der Waals surface area contributed by atoms with Gasteiger partial charge in [-0.25, -0.2) is 4.98 Å². The third-order valence-electron chi connectivity index (χ3n) is 5.59. The molecule has 1 N–H and O–H groups in total. The van der Waals surface area contributed by atoms with Crippen LogP contribution in [0.1, 0.15) is 31.9 Å². The number of carbonyl (C=O) groups is 1. The highest BCUT2D eigenvalue weighted by Crippen LogP contribution is 2.33. The van der Waals surface area contributed by atoms with Gasteiger partial charge in [-0.2, -0.15) is 4.98 Å². The maximum absolute atomic E-state index is 12.4. The summed E-state index contributed by atoms with van der Waals surface area (Å²) in [4.78, 5) is 28.2. The largest absolute Gasteiger partial charge is 0.356 e. The fraction of sp³-hybridized carbons (Fsp3) is 0.737. The lowest BCUT2D eigenvalue weighted by Crippen LogP contribution is -2.57. The van der Waals surface area contributed by atoms with Crippen LogP contribution in [0.15, 0.2) is 6.07 Å². The van der Waals surface area contributed by atoms with Crippen LogP contribution in [0.25, 0.3) is 0 Å². The normalized spacial score (nSPS) is 23.2. The molecule has 0 spiro atoms. The first-order chi connectivity index (χ1) is 12.5. The second-order valence-corrected chi connectivity index (χ2v) is 7.56. The molecule has 0 radical (unpaired) electrons. The number of anilines is 2. The molecule has 0 aliphatic carbocycles. The summed E-state index contributed by atoms with van der Waals surface area (Å²) < 4.78 is 0. The van der Waals surface area contributed by atoms with E-state index < -0.39 is 0 Å². The van der Waals surface area contributed by atoms with E-state index in [9.17, 15) is 4.79 Å². The van der Waals surface area contributed by atoms with Crippen LogP contribution in [-0.4, -0.2) is 74.1 Å². The minimum absolute atomic E-state index is 0.320. The number of hydrogen-bond acceptors (Lipinski definition) is 6. The Bertz CT molecular complexity index is 634. The van der Waals surface area contributed by atoms with Crippen LogP contribution in [0.3, 0.4) is 0 Å². The number of aromatic nitrogens is 2. The third-order valence-corrected chi connectivity index (χ3v) is 5.59. The molecule has 144 valence electrons. The molecule has 0 aromatic carbocycles. The Morgan fingerprint density at radius 3 is 2.81 bits per heavy atom. The predicted octanol–water partition coefficient (Wildman–Crippen LogP) is 1.14. The van der Waals surface area contributed by atoms with Gasteiger partial charge in [-0.15, -0.1) is 0 Å². The number of rotatable bonds is 6. The van der Waals surface area contributed by atoms with Crippen molar-refractivity contribution in [2.75, 3.05) is 57.1 Å². The predicted molar refractivity (Wildman–Crippen MR) is 105 cm³/mol. The first kappa shape index (κ1) is 18.9. The summed E-state index contributed by atoms with van der Waals surface area (Å²) in [6.07, 6.45) is 3.58. The van der Waals surface area contributed by atoms with Gasteiger partial charge in [0, 0.05) is 64.5 Å². The van der Waals surface area contributed by atoms with Crippen LogP contribution in [0.2, 0.25) is 0 Å². The zero-order valence-corrected chi connectivity index (χ0v) is 16.5. The van der Waals surface area contributed by atoms with E-state index in [2.05, 4.69) is 33.1 Å². The average Bonchev–Trinajstić information content (AvgIpc) is 2.66. The topological polar surface area (TPSA) is 64.6 Å². The molecule has 1 aromatic rings. The van der Waals surface area contributed by atoms with Gasteiger partial charge in [0.25, 0.3) is 0 Å². The van der Waals surface area contributed by atoms with Gasteiger partial charge in [0.1, 0.15) is 5.82 Å². The maximum Gasteiger partial charge on any atom is 0.227 e. The molecule has 3 rings (SSSR count). The molecule has 2 saturated heterocycles. The SMILES string of the molecule is CCc1cc(N2CC[C@@H]3[C@@H](CCC(=O)N3CCNC)C2)nc(N(C)C)n1. The number of nitrogens with one attached hydrogen (secondary N) is 1. The second kappa shape index (κ2) is 8.20. The zero-order valence-electron chi connectivity index (χ0n) is 16.5. The zero-order chi connectivity index (χ0) is 18.7. The van der Waals surface area contributed by atoms with Crippen LogP contribution in [0.4, 0.5) is 11.8 Å². The van der Waals surface area contributed by atoms with E-state index in [1.54, 1.807) is 0 Å². The van der Waals surface area contributed by atoms with E-state index >= 15 is 0 Å². The van der Waals surface area contributed by atoms with Crippen LogP contribution < -0.4 is 15.1 Å². The highest BCUT2D eigenvalue weighted by molar-refractivity contribution is 5.77. The molecule has 2 fully saturated rings. The van der Waals surface area contributed by atoms with Gasteiger partial charge in [0.05, 0.1) is 0 Å². The Labute approximate surface area is 156 Å². The van der Waals surface area contributed by atoms with E-state index in [0.717, 1.165) is 62.9 Å². The van der Waals surface area contributed by atoms with Crippen LogP contribution in [-0.2, 0) is 11.2 Å². The highest BCUT2D eigenvalue weighted by atomic mass is 16.2. The molecule has 0 bridgehead atoms. The van der Waals surface area contributed by atoms with E-state index in [1.807, 2.05) is 26.0 Å². The number of fused-ring (bicyclic) bond motifs is 1. The Kier molecular flexibility index (Phi) is 5.96. The van der Waals surface area contributed by atoms with Crippen molar-refractivity contribution in [1.82, 2.24) is 20.2 Å². The standard InChI is InChI=1S/C19H32N6O/c1-5-15-12-17(22-19(21-15)23(3)4)24-10-8-16-14(13-24)6-7-18(26)25(16)11-9-20-2/h12,14,16,20H,5-11,13H2,1-4H3/t14-,16+/m0/s1. The molecule has 1 amide bonds. The van der Waals surface area contributed by atoms with Gasteiger partial charge in [0.2, 0.25) is 11.9 Å². The van der Waals surface area contributed by atoms with E-state index in [-0.39, 0.29) is 0 Å². The molecular weight excluding hydrogens is 328 g/mol. The van der Waals surface area contributed by atoms with Gasteiger partial charge in [-0.05, 0) is 32.2 Å². The molecule has 1 aromatic heterocycles. The molecule has 7 heteroatoms. The van der Waals surface area contributed by atoms with E-state index in [4.69, 9.17) is 4.98 Å². The van der Waals surface area contributed by atoms with Crippen molar-refractivity contribution >= 4 is 17.7 Å². The molecular formula is C19H32N6O. The summed E-state index contributed by atoms with van der Waals surface area (Å²) >= 11 is 0. The number of amides is 1. The van der Waals surface area contributed by atoms with Crippen molar-refractivity contribution in [2.45, 2.75) is 38.6 Å². The smallest absolute Gasteiger partial charge is 0.227 e.